The van der Waals surface area contributed by atoms with Crippen LogP contribution in [-0.4, -0.2) is 31.9 Å². The molecule has 0 amide bonds. The molecule has 180 valence electrons. The number of ether oxygens (including phenoxy) is 2. The number of nitrogens with zero attached hydrogens (tertiary/aromatic N) is 4. The van der Waals surface area contributed by atoms with Gasteiger partial charge >= 0.3 is 0 Å². The van der Waals surface area contributed by atoms with Gasteiger partial charge in [0.15, 0.2) is 5.82 Å². The van der Waals surface area contributed by atoms with Crippen molar-refractivity contribution in [3.05, 3.63) is 90.0 Å². The second kappa shape index (κ2) is 9.50. The van der Waals surface area contributed by atoms with Crippen LogP contribution in [0.2, 0.25) is 0 Å². The summed E-state index contributed by atoms with van der Waals surface area (Å²) in [6, 6.07) is 18.8. The molecule has 0 saturated heterocycles. The van der Waals surface area contributed by atoms with E-state index in [0.29, 0.717) is 12.4 Å². The van der Waals surface area contributed by atoms with Gasteiger partial charge in [0.2, 0.25) is 0 Å². The Bertz CT molecular complexity index is 1280. The van der Waals surface area contributed by atoms with Crippen LogP contribution < -0.4 is 15.2 Å². The molecule has 0 radical (unpaired) electrons. The highest BCUT2D eigenvalue weighted by Gasteiger charge is 2.28. The Balaban J connectivity index is 1.21. The predicted molar refractivity (Wildman–Crippen MR) is 135 cm³/mol. The van der Waals surface area contributed by atoms with Crippen molar-refractivity contribution in [3.8, 4) is 22.9 Å². The maximum Gasteiger partial charge on any atom is 0.162 e. The van der Waals surface area contributed by atoms with Gasteiger partial charge in [-0.2, -0.15) is 5.10 Å². The fourth-order valence-electron chi connectivity index (χ4n) is 4.29. The maximum atomic E-state index is 6.00. The summed E-state index contributed by atoms with van der Waals surface area (Å²) >= 11 is 0. The summed E-state index contributed by atoms with van der Waals surface area (Å²) in [6.07, 6.45) is 7.52. The summed E-state index contributed by atoms with van der Waals surface area (Å²) in [6.45, 7) is 4.82. The molecular weight excluding hydrogens is 438 g/mol. The van der Waals surface area contributed by atoms with E-state index in [1.165, 1.54) is 11.1 Å². The summed E-state index contributed by atoms with van der Waals surface area (Å²) < 4.78 is 13.7. The van der Waals surface area contributed by atoms with E-state index in [0.717, 1.165) is 35.6 Å². The number of aromatic nitrogens is 4. The van der Waals surface area contributed by atoms with Crippen molar-refractivity contribution in [3.63, 3.8) is 0 Å². The highest BCUT2D eigenvalue weighted by atomic mass is 16.5. The van der Waals surface area contributed by atoms with Gasteiger partial charge in [-0.25, -0.2) is 9.97 Å². The normalized spacial score (nSPS) is 17.6. The van der Waals surface area contributed by atoms with Crippen molar-refractivity contribution < 1.29 is 9.47 Å². The molecule has 7 nitrogen and oxygen atoms in total. The lowest BCUT2D eigenvalue weighted by molar-refractivity contribution is 0.101. The highest BCUT2D eigenvalue weighted by molar-refractivity contribution is 5.51. The molecule has 2 aromatic heterocycles. The van der Waals surface area contributed by atoms with Crippen LogP contribution >= 0.6 is 0 Å². The lowest BCUT2D eigenvalue weighted by Gasteiger charge is -2.33. The van der Waals surface area contributed by atoms with Crippen LogP contribution in [0.4, 0.5) is 0 Å². The van der Waals surface area contributed by atoms with Gasteiger partial charge < -0.3 is 15.2 Å². The van der Waals surface area contributed by atoms with Crippen molar-refractivity contribution >= 4 is 0 Å². The van der Waals surface area contributed by atoms with Gasteiger partial charge in [-0.15, -0.1) is 0 Å². The van der Waals surface area contributed by atoms with E-state index in [4.69, 9.17) is 15.2 Å². The molecule has 1 fully saturated rings. The van der Waals surface area contributed by atoms with Crippen LogP contribution in [-0.2, 0) is 19.1 Å². The summed E-state index contributed by atoms with van der Waals surface area (Å²) in [5.74, 6) is 2.35. The van der Waals surface area contributed by atoms with Crippen molar-refractivity contribution in [2.75, 3.05) is 0 Å². The molecular formula is C28H31N5O2. The van der Waals surface area contributed by atoms with Crippen molar-refractivity contribution in [1.82, 2.24) is 19.7 Å². The molecule has 0 bridgehead atoms. The van der Waals surface area contributed by atoms with E-state index >= 15 is 0 Å². The Morgan fingerprint density at radius 2 is 1.63 bits per heavy atom. The molecule has 7 heteroatoms. The monoisotopic (exact) mass is 469 g/mol. The lowest BCUT2D eigenvalue weighted by atomic mass is 9.78. The van der Waals surface area contributed by atoms with E-state index in [1.54, 1.807) is 17.1 Å². The third kappa shape index (κ3) is 5.20. The second-order valence-electron chi connectivity index (χ2n) is 9.71. The molecule has 0 spiro atoms. The van der Waals surface area contributed by atoms with Crippen LogP contribution in [0.25, 0.3) is 11.4 Å². The molecule has 0 unspecified atom stereocenters. The summed E-state index contributed by atoms with van der Waals surface area (Å²) in [4.78, 5) is 8.94. The minimum Gasteiger partial charge on any atom is -0.490 e. The molecule has 5 rings (SSSR count). The number of hydrogen-bond acceptors (Lipinski definition) is 6. The van der Waals surface area contributed by atoms with Gasteiger partial charge in [-0.1, -0.05) is 38.1 Å². The van der Waals surface area contributed by atoms with E-state index in [2.05, 4.69) is 65.3 Å². The first kappa shape index (κ1) is 23.1. The number of rotatable bonds is 8. The minimum absolute atomic E-state index is 0.152. The zero-order valence-corrected chi connectivity index (χ0v) is 20.4. The zero-order valence-electron chi connectivity index (χ0n) is 20.4. The molecule has 0 atom stereocenters. The summed E-state index contributed by atoms with van der Waals surface area (Å²) in [7, 11) is 1.87. The average Bonchev–Trinajstić information content (AvgIpc) is 3.29. The highest BCUT2D eigenvalue weighted by Crippen LogP contribution is 2.34. The first-order chi connectivity index (χ1) is 16.9. The Labute approximate surface area is 205 Å². The standard InChI is InChI=1S/C28H31N5O2/c1-28(2,21-6-10-25(11-7-21)35-26-14-22(29)15-26)20-4-8-24(9-5-20)34-18-23-12-13-30-27(32-23)19-16-31-33(3)17-19/h4-13,16-17,22,26H,14-15,18,29H2,1-3H3/t22-,26+. The Morgan fingerprint density at radius 1 is 0.971 bits per heavy atom. The van der Waals surface area contributed by atoms with Crippen LogP contribution in [0.3, 0.4) is 0 Å². The molecule has 2 heterocycles. The molecule has 1 aliphatic carbocycles. The largest absolute Gasteiger partial charge is 0.490 e. The van der Waals surface area contributed by atoms with Gasteiger partial charge in [-0.3, -0.25) is 4.68 Å². The summed E-state index contributed by atoms with van der Waals surface area (Å²) in [5.41, 5.74) is 9.85. The SMILES string of the molecule is Cn1cc(-c2nccc(COc3ccc(C(C)(C)c4ccc(O[C@H]5C[C@@H](N)C5)cc4)cc3)n2)cn1. The Hall–Kier alpha value is -3.71. The number of hydrogen-bond donors (Lipinski definition) is 1. The molecule has 2 N–H and O–H groups in total. The predicted octanol–water partition coefficient (Wildman–Crippen LogP) is 4.65. The third-order valence-corrected chi connectivity index (χ3v) is 6.65. The first-order valence-electron chi connectivity index (χ1n) is 11.9. The molecule has 4 aromatic rings. The van der Waals surface area contributed by atoms with Gasteiger partial charge in [-0.05, 0) is 54.3 Å². The molecule has 1 aliphatic rings. The molecule has 1 saturated carbocycles. The quantitative estimate of drug-likeness (QED) is 0.404. The lowest BCUT2D eigenvalue weighted by Crippen LogP contribution is -2.43. The maximum absolute atomic E-state index is 6.00. The van der Waals surface area contributed by atoms with Crippen molar-refractivity contribution in [1.29, 1.82) is 0 Å². The van der Waals surface area contributed by atoms with E-state index in [-0.39, 0.29) is 17.6 Å². The molecule has 35 heavy (non-hydrogen) atoms. The average molecular weight is 470 g/mol. The van der Waals surface area contributed by atoms with Crippen LogP contribution in [0, 0.1) is 0 Å². The topological polar surface area (TPSA) is 88.1 Å². The smallest absolute Gasteiger partial charge is 0.162 e. The van der Waals surface area contributed by atoms with Crippen LogP contribution in [0.1, 0.15) is 43.5 Å². The first-order valence-corrected chi connectivity index (χ1v) is 11.9. The van der Waals surface area contributed by atoms with Crippen LogP contribution in [0.15, 0.2) is 73.2 Å². The van der Waals surface area contributed by atoms with Crippen molar-refractivity contribution in [2.24, 2.45) is 12.8 Å². The number of nitrogens with two attached hydrogens (primary N) is 1. The minimum atomic E-state index is -0.152. The molecule has 0 aliphatic heterocycles. The number of benzene rings is 2. The van der Waals surface area contributed by atoms with E-state index in [1.807, 2.05) is 31.4 Å². The third-order valence-electron chi connectivity index (χ3n) is 6.65. The Kier molecular flexibility index (Phi) is 6.26. The fourth-order valence-corrected chi connectivity index (χ4v) is 4.29. The van der Waals surface area contributed by atoms with Crippen molar-refractivity contribution in [2.45, 2.75) is 50.9 Å². The summed E-state index contributed by atoms with van der Waals surface area (Å²) in [5, 5.41) is 4.18. The van der Waals surface area contributed by atoms with Gasteiger partial charge in [0.25, 0.3) is 0 Å². The number of aryl methyl sites for hydroxylation is 1. The van der Waals surface area contributed by atoms with Crippen LogP contribution in [0.5, 0.6) is 11.5 Å². The second-order valence-corrected chi connectivity index (χ2v) is 9.71. The van der Waals surface area contributed by atoms with Gasteiger partial charge in [0.1, 0.15) is 24.2 Å². The zero-order chi connectivity index (χ0) is 24.4. The fraction of sp³-hybridized carbons (Fsp3) is 0.321. The molecule has 2 aromatic carbocycles. The van der Waals surface area contributed by atoms with Gasteiger partial charge in [0, 0.05) is 30.9 Å². The van der Waals surface area contributed by atoms with E-state index < -0.39 is 0 Å². The van der Waals surface area contributed by atoms with E-state index in [9.17, 15) is 0 Å². The Morgan fingerprint density at radius 3 is 2.23 bits per heavy atom. The van der Waals surface area contributed by atoms with Gasteiger partial charge in [0.05, 0.1) is 17.5 Å².